The molecule has 4 N–H and O–H groups in total. The van der Waals surface area contributed by atoms with E-state index < -0.39 is 11.0 Å². The second-order valence-electron chi connectivity index (χ2n) is 10.9. The third-order valence-electron chi connectivity index (χ3n) is 7.54. The second-order valence-corrected chi connectivity index (χ2v) is 10.9. The Morgan fingerprint density at radius 2 is 2.11 bits per heavy atom. The lowest BCUT2D eigenvalue weighted by Crippen LogP contribution is -2.51. The molecule has 0 bridgehead atoms. The molecule has 9 heteroatoms. The zero-order valence-corrected chi connectivity index (χ0v) is 22.8. The molecule has 2 aromatic rings. The Morgan fingerprint density at radius 3 is 2.71 bits per heavy atom. The molecule has 4 rings (SSSR count). The van der Waals surface area contributed by atoms with Gasteiger partial charge in [-0.1, -0.05) is 38.7 Å². The van der Waals surface area contributed by atoms with E-state index in [2.05, 4.69) is 28.1 Å². The van der Waals surface area contributed by atoms with Crippen LogP contribution in [0, 0.1) is 41.9 Å². The van der Waals surface area contributed by atoms with E-state index in [0.717, 1.165) is 23.2 Å². The lowest BCUT2D eigenvalue weighted by Gasteiger charge is -2.41. The Balaban J connectivity index is 1.70. The van der Waals surface area contributed by atoms with Crippen LogP contribution in [0.3, 0.4) is 0 Å². The minimum atomic E-state index is -0.950. The van der Waals surface area contributed by atoms with Gasteiger partial charge in [-0.05, 0) is 56.4 Å². The van der Waals surface area contributed by atoms with Crippen molar-refractivity contribution in [3.05, 3.63) is 57.6 Å². The van der Waals surface area contributed by atoms with Crippen molar-refractivity contribution >= 4 is 6.09 Å². The van der Waals surface area contributed by atoms with Crippen molar-refractivity contribution in [1.82, 2.24) is 15.1 Å². The Morgan fingerprint density at radius 1 is 1.39 bits per heavy atom. The number of carbonyl (C=O) groups excluding carboxylic acids is 1. The standard InChI is InChI=1S/C29H35N5O4/c1-7-28(5,6)38-27(36)34-14-20(15-34)9-8-19-10-21(16-35)12-22(11-19)29(17(2)3)23(13-30)25(31)37-26-24(29)18(4)32-33-26/h10-12,17,20,35H,7,14-16,31H2,1-6H3,(H,32,33). The highest BCUT2D eigenvalue weighted by Crippen LogP contribution is 2.52. The molecule has 0 radical (unpaired) electrons. The highest BCUT2D eigenvalue weighted by Gasteiger charge is 2.50. The third kappa shape index (κ3) is 4.59. The molecule has 1 aromatic carbocycles. The van der Waals surface area contributed by atoms with Crippen molar-refractivity contribution in [3.8, 4) is 23.8 Å². The lowest BCUT2D eigenvalue weighted by atomic mass is 9.61. The van der Waals surface area contributed by atoms with E-state index in [1.54, 1.807) is 4.90 Å². The minimum Gasteiger partial charge on any atom is -0.443 e. The SMILES string of the molecule is CCC(C)(C)OC(=O)N1CC(C#Cc2cc(CO)cc(C3(C(C)C)C(C#N)=C(N)Oc4n[nH]c(C)c43)c2)C1. The van der Waals surface area contributed by atoms with Crippen LogP contribution < -0.4 is 10.5 Å². The topological polar surface area (TPSA) is 137 Å². The summed E-state index contributed by atoms with van der Waals surface area (Å²) in [6, 6.07) is 7.94. The summed E-state index contributed by atoms with van der Waals surface area (Å²) in [7, 11) is 0. The van der Waals surface area contributed by atoms with Gasteiger partial charge >= 0.3 is 6.09 Å². The molecule has 3 heterocycles. The number of amides is 1. The number of rotatable bonds is 5. The summed E-state index contributed by atoms with van der Waals surface area (Å²) in [6.07, 6.45) is 0.412. The number of fused-ring (bicyclic) bond motifs is 1. The molecule has 1 amide bonds. The van der Waals surface area contributed by atoms with Crippen molar-refractivity contribution in [1.29, 1.82) is 5.26 Å². The Bertz CT molecular complexity index is 1380. The van der Waals surface area contributed by atoms with Crippen molar-refractivity contribution in [2.24, 2.45) is 17.6 Å². The lowest BCUT2D eigenvalue weighted by molar-refractivity contribution is -0.00538. The number of benzene rings is 1. The molecule has 1 unspecified atom stereocenters. The van der Waals surface area contributed by atoms with Crippen LogP contribution in [0.15, 0.2) is 29.7 Å². The van der Waals surface area contributed by atoms with Crippen molar-refractivity contribution in [3.63, 3.8) is 0 Å². The van der Waals surface area contributed by atoms with Gasteiger partial charge in [-0.3, -0.25) is 5.10 Å². The fourth-order valence-electron chi connectivity index (χ4n) is 5.12. The number of H-pyrrole nitrogens is 1. The van der Waals surface area contributed by atoms with Crippen LogP contribution in [0.4, 0.5) is 4.79 Å². The second kappa shape index (κ2) is 10.1. The molecular formula is C29H35N5O4. The van der Waals surface area contributed by atoms with Gasteiger partial charge in [0, 0.05) is 24.3 Å². The number of hydrogen-bond acceptors (Lipinski definition) is 7. The zero-order valence-electron chi connectivity index (χ0n) is 22.8. The largest absolute Gasteiger partial charge is 0.443 e. The molecule has 1 fully saturated rings. The molecule has 0 spiro atoms. The highest BCUT2D eigenvalue weighted by atomic mass is 16.6. The fourth-order valence-corrected chi connectivity index (χ4v) is 5.12. The number of likely N-dealkylation sites (tertiary alicyclic amines) is 1. The van der Waals surface area contributed by atoms with Crippen molar-refractivity contribution < 1.29 is 19.4 Å². The average Bonchev–Trinajstić information content (AvgIpc) is 3.21. The molecule has 200 valence electrons. The van der Waals surface area contributed by atoms with Crippen LogP contribution in [-0.4, -0.2) is 45.0 Å². The zero-order chi connectivity index (χ0) is 27.8. The van der Waals surface area contributed by atoms with E-state index in [4.69, 9.17) is 15.2 Å². The first-order valence-corrected chi connectivity index (χ1v) is 12.8. The quantitative estimate of drug-likeness (QED) is 0.512. The van der Waals surface area contributed by atoms with Crippen molar-refractivity contribution in [2.75, 3.05) is 13.1 Å². The predicted octanol–water partition coefficient (Wildman–Crippen LogP) is 3.85. The molecule has 1 saturated heterocycles. The number of aromatic nitrogens is 2. The molecule has 2 aliphatic rings. The van der Waals surface area contributed by atoms with Gasteiger partial charge in [0.15, 0.2) is 0 Å². The maximum absolute atomic E-state index is 12.4. The average molecular weight is 518 g/mol. The molecular weight excluding hydrogens is 482 g/mol. The number of nitrogens with one attached hydrogen (secondary N) is 1. The molecule has 9 nitrogen and oxygen atoms in total. The van der Waals surface area contributed by atoms with Crippen molar-refractivity contribution in [2.45, 2.75) is 65.6 Å². The van der Waals surface area contributed by atoms with Crippen LogP contribution in [0.25, 0.3) is 0 Å². The molecule has 1 atom stereocenters. The summed E-state index contributed by atoms with van der Waals surface area (Å²) in [5, 5.41) is 27.5. The smallest absolute Gasteiger partial charge is 0.410 e. The maximum atomic E-state index is 12.4. The number of nitrogens with zero attached hydrogens (tertiary/aromatic N) is 3. The summed E-state index contributed by atoms with van der Waals surface area (Å²) in [4.78, 5) is 14.0. The number of aliphatic hydroxyl groups excluding tert-OH is 1. The van der Waals surface area contributed by atoms with Crippen LogP contribution in [-0.2, 0) is 16.8 Å². The monoisotopic (exact) mass is 517 g/mol. The molecule has 2 aliphatic heterocycles. The molecule has 0 aliphatic carbocycles. The number of carbonyl (C=O) groups is 1. The van der Waals surface area contributed by atoms with Gasteiger partial charge in [0.05, 0.1) is 23.5 Å². The van der Waals surface area contributed by atoms with Crippen LogP contribution in [0.2, 0.25) is 0 Å². The Kier molecular flexibility index (Phi) is 7.18. The summed E-state index contributed by atoms with van der Waals surface area (Å²) in [6.45, 7) is 12.5. The van der Waals surface area contributed by atoms with Gasteiger partial charge < -0.3 is 25.2 Å². The number of aryl methyl sites for hydroxylation is 1. The van der Waals surface area contributed by atoms with E-state index in [0.29, 0.717) is 35.7 Å². The molecule has 38 heavy (non-hydrogen) atoms. The summed E-state index contributed by atoms with van der Waals surface area (Å²) >= 11 is 0. The Hall–Kier alpha value is -3.95. The number of hydrogen-bond donors (Lipinski definition) is 3. The number of aliphatic hydroxyl groups is 1. The van der Waals surface area contributed by atoms with Gasteiger partial charge in [0.1, 0.15) is 17.2 Å². The first-order valence-electron chi connectivity index (χ1n) is 12.8. The number of ether oxygens (including phenoxy) is 2. The number of nitrogens with two attached hydrogens (primary N) is 1. The van der Waals surface area contributed by atoms with Gasteiger partial charge in [0.2, 0.25) is 11.8 Å². The van der Waals surface area contributed by atoms with Gasteiger partial charge in [-0.25, -0.2) is 4.79 Å². The highest BCUT2D eigenvalue weighted by molar-refractivity contribution is 5.69. The van der Waals surface area contributed by atoms with Crippen LogP contribution >= 0.6 is 0 Å². The van der Waals surface area contributed by atoms with E-state index in [1.807, 2.05) is 59.7 Å². The normalized spacial score (nSPS) is 19.2. The molecule has 0 saturated carbocycles. The van der Waals surface area contributed by atoms with E-state index in [9.17, 15) is 15.2 Å². The first kappa shape index (κ1) is 27.1. The van der Waals surface area contributed by atoms with Crippen LogP contribution in [0.5, 0.6) is 5.88 Å². The maximum Gasteiger partial charge on any atom is 0.410 e. The summed E-state index contributed by atoms with van der Waals surface area (Å²) in [5.74, 6) is 6.73. The summed E-state index contributed by atoms with van der Waals surface area (Å²) < 4.78 is 11.3. The van der Waals surface area contributed by atoms with E-state index in [-0.39, 0.29) is 30.4 Å². The van der Waals surface area contributed by atoms with E-state index in [1.165, 1.54) is 0 Å². The van der Waals surface area contributed by atoms with Gasteiger partial charge in [0.25, 0.3) is 0 Å². The summed E-state index contributed by atoms with van der Waals surface area (Å²) in [5.41, 5.74) is 8.74. The first-order chi connectivity index (χ1) is 18.0. The van der Waals surface area contributed by atoms with Gasteiger partial charge in [-0.15, -0.1) is 5.10 Å². The van der Waals surface area contributed by atoms with Crippen LogP contribution in [0.1, 0.15) is 69.0 Å². The van der Waals surface area contributed by atoms with Gasteiger partial charge in [-0.2, -0.15) is 5.26 Å². The number of allylic oxidation sites excluding steroid dienone is 1. The van der Waals surface area contributed by atoms with E-state index >= 15 is 0 Å². The fraction of sp³-hybridized carbons (Fsp3) is 0.483. The minimum absolute atomic E-state index is 0.00920. The molecule has 1 aromatic heterocycles. The number of nitriles is 1. The number of aromatic amines is 1. The Labute approximate surface area is 223 Å². The predicted molar refractivity (Wildman–Crippen MR) is 142 cm³/mol. The third-order valence-corrected chi connectivity index (χ3v) is 7.54.